The fraction of sp³-hybridized carbons (Fsp3) is 0.320. The largest absolute Gasteiger partial charge is 0.360 e. The third-order valence-corrected chi connectivity index (χ3v) is 8.41. The van der Waals surface area contributed by atoms with E-state index in [4.69, 9.17) is 28.3 Å². The van der Waals surface area contributed by atoms with Gasteiger partial charge in [0, 0.05) is 24.3 Å². The summed E-state index contributed by atoms with van der Waals surface area (Å²) in [5, 5.41) is 10.0. The number of piperidine rings is 1. The van der Waals surface area contributed by atoms with Crippen LogP contribution in [0.3, 0.4) is 0 Å². The molecule has 1 aliphatic heterocycles. The number of aryl methyl sites for hydroxylation is 1. The molecule has 1 aromatic heterocycles. The Morgan fingerprint density at radius 2 is 1.75 bits per heavy atom. The number of benzene rings is 2. The summed E-state index contributed by atoms with van der Waals surface area (Å²) in [7, 11) is -3.59. The molecule has 1 aliphatic rings. The third kappa shape index (κ3) is 5.62. The molecule has 8 nitrogen and oxygen atoms in total. The van der Waals surface area contributed by atoms with E-state index in [0.29, 0.717) is 52.7 Å². The highest BCUT2D eigenvalue weighted by atomic mass is 35.5. The van der Waals surface area contributed by atoms with Crippen LogP contribution >= 0.6 is 23.8 Å². The second-order valence-electron chi connectivity index (χ2n) is 9.14. The topological polar surface area (TPSA) is 105 Å². The summed E-state index contributed by atoms with van der Waals surface area (Å²) in [6.45, 7) is 6.79. The molecule has 11 heteroatoms. The molecule has 0 bridgehead atoms. The number of thiocarbonyl (C=S) groups is 1. The zero-order chi connectivity index (χ0) is 26.0. The number of nitrogens with zero attached hydrogens (tertiary/aromatic N) is 2. The number of anilines is 1. The van der Waals surface area contributed by atoms with Gasteiger partial charge in [-0.05, 0) is 67.7 Å². The lowest BCUT2D eigenvalue weighted by atomic mass is 9.94. The van der Waals surface area contributed by atoms with Crippen LogP contribution in [-0.4, -0.2) is 42.0 Å². The number of aromatic nitrogens is 1. The van der Waals surface area contributed by atoms with Crippen molar-refractivity contribution in [1.29, 1.82) is 0 Å². The van der Waals surface area contributed by atoms with E-state index in [2.05, 4.69) is 29.6 Å². The van der Waals surface area contributed by atoms with E-state index in [1.807, 2.05) is 0 Å². The Balaban J connectivity index is 1.44. The van der Waals surface area contributed by atoms with Crippen LogP contribution in [-0.2, 0) is 10.0 Å². The van der Waals surface area contributed by atoms with Crippen molar-refractivity contribution in [2.24, 2.45) is 11.8 Å². The van der Waals surface area contributed by atoms with Gasteiger partial charge in [-0.1, -0.05) is 48.8 Å². The smallest absolute Gasteiger partial charge is 0.263 e. The fourth-order valence-corrected chi connectivity index (χ4v) is 6.58. The lowest BCUT2D eigenvalue weighted by Crippen LogP contribution is -2.42. The molecule has 0 saturated carbocycles. The zero-order valence-corrected chi connectivity index (χ0v) is 22.5. The van der Waals surface area contributed by atoms with Crippen LogP contribution in [0.1, 0.15) is 36.4 Å². The number of hydrogen-bond donors (Lipinski definition) is 2. The number of amides is 1. The number of halogens is 1. The van der Waals surface area contributed by atoms with Gasteiger partial charge in [0.05, 0.1) is 9.92 Å². The van der Waals surface area contributed by atoms with Crippen molar-refractivity contribution in [3.8, 4) is 11.3 Å². The summed E-state index contributed by atoms with van der Waals surface area (Å²) in [5.74, 6) is 0.450. The van der Waals surface area contributed by atoms with E-state index in [1.54, 1.807) is 47.6 Å². The highest BCUT2D eigenvalue weighted by Crippen LogP contribution is 2.31. The van der Waals surface area contributed by atoms with Gasteiger partial charge in [0.25, 0.3) is 5.91 Å². The van der Waals surface area contributed by atoms with Crippen LogP contribution in [0.4, 0.5) is 5.69 Å². The van der Waals surface area contributed by atoms with Gasteiger partial charge in [-0.25, -0.2) is 8.42 Å². The highest BCUT2D eigenvalue weighted by Gasteiger charge is 2.31. The van der Waals surface area contributed by atoms with Crippen LogP contribution < -0.4 is 10.6 Å². The fourth-order valence-electron chi connectivity index (χ4n) is 4.47. The molecular formula is C25H27ClN4O4S2. The number of nitrogens with one attached hydrogen (secondary N) is 2. The maximum atomic E-state index is 13.1. The molecule has 190 valence electrons. The van der Waals surface area contributed by atoms with Gasteiger partial charge in [-0.15, -0.1) is 0 Å². The Morgan fingerprint density at radius 3 is 2.39 bits per heavy atom. The van der Waals surface area contributed by atoms with E-state index < -0.39 is 15.9 Å². The second kappa shape index (κ2) is 10.7. The summed E-state index contributed by atoms with van der Waals surface area (Å²) in [5.41, 5.74) is 1.63. The number of carbonyl (C=O) groups is 1. The van der Waals surface area contributed by atoms with Gasteiger partial charge in [0.1, 0.15) is 17.0 Å². The summed E-state index contributed by atoms with van der Waals surface area (Å²) < 4.78 is 33.0. The maximum absolute atomic E-state index is 13.1. The number of sulfonamides is 1. The van der Waals surface area contributed by atoms with Crippen molar-refractivity contribution in [3.63, 3.8) is 0 Å². The predicted octanol–water partition coefficient (Wildman–Crippen LogP) is 5.10. The monoisotopic (exact) mass is 546 g/mol. The predicted molar refractivity (Wildman–Crippen MR) is 144 cm³/mol. The summed E-state index contributed by atoms with van der Waals surface area (Å²) in [6, 6.07) is 13.3. The standard InChI is InChI=1S/C25H27ClN4O4S2/c1-15-12-16(2)14-30(13-15)36(32,33)19-10-8-18(9-11-19)27-25(35)28-24(31)22-17(3)34-29-23(22)20-6-4-5-7-21(20)26/h4-11,15-16H,12-14H2,1-3H3,(H2,27,28,31,35)/t15-,16-/m1/s1. The first-order valence-corrected chi connectivity index (χ1v) is 13.7. The Kier molecular flexibility index (Phi) is 7.79. The van der Waals surface area contributed by atoms with E-state index >= 15 is 0 Å². The molecule has 2 aromatic carbocycles. The van der Waals surface area contributed by atoms with Crippen molar-refractivity contribution in [2.75, 3.05) is 18.4 Å². The summed E-state index contributed by atoms with van der Waals surface area (Å²) in [6.07, 6.45) is 1.02. The average molecular weight is 547 g/mol. The van der Waals surface area contributed by atoms with Gasteiger partial charge in [-0.2, -0.15) is 4.31 Å². The molecule has 0 radical (unpaired) electrons. The van der Waals surface area contributed by atoms with Crippen molar-refractivity contribution >= 4 is 50.5 Å². The number of rotatable bonds is 5. The minimum absolute atomic E-state index is 0.0417. The van der Waals surface area contributed by atoms with Crippen molar-refractivity contribution < 1.29 is 17.7 Å². The molecule has 0 aliphatic carbocycles. The number of carbonyl (C=O) groups excluding carboxylic acids is 1. The highest BCUT2D eigenvalue weighted by molar-refractivity contribution is 7.89. The van der Waals surface area contributed by atoms with Crippen molar-refractivity contribution in [3.05, 3.63) is 64.9 Å². The number of hydrogen-bond acceptors (Lipinski definition) is 6. The lowest BCUT2D eigenvalue weighted by Gasteiger charge is -2.34. The van der Waals surface area contributed by atoms with Crippen molar-refractivity contribution in [1.82, 2.24) is 14.8 Å². The summed E-state index contributed by atoms with van der Waals surface area (Å²) in [4.78, 5) is 13.2. The minimum Gasteiger partial charge on any atom is -0.360 e. The molecule has 1 saturated heterocycles. The van der Waals surface area contributed by atoms with Crippen LogP contribution in [0, 0.1) is 18.8 Å². The Morgan fingerprint density at radius 1 is 1.11 bits per heavy atom. The molecule has 0 spiro atoms. The molecule has 2 N–H and O–H groups in total. The average Bonchev–Trinajstić information content (AvgIpc) is 3.20. The van der Waals surface area contributed by atoms with Gasteiger partial charge in [-0.3, -0.25) is 10.1 Å². The molecule has 0 unspecified atom stereocenters. The van der Waals surface area contributed by atoms with Gasteiger partial charge in [0.2, 0.25) is 10.0 Å². The SMILES string of the molecule is Cc1onc(-c2ccccc2Cl)c1C(=O)NC(=S)Nc1ccc(S(=O)(=O)N2C[C@H](C)C[C@@H](C)C2)cc1. The van der Waals surface area contributed by atoms with Crippen LogP contribution in [0.5, 0.6) is 0 Å². The Hall–Kier alpha value is -2.79. The molecule has 1 fully saturated rings. The summed E-state index contributed by atoms with van der Waals surface area (Å²) >= 11 is 11.6. The van der Waals surface area contributed by atoms with Crippen LogP contribution in [0.2, 0.25) is 5.02 Å². The molecular weight excluding hydrogens is 520 g/mol. The van der Waals surface area contributed by atoms with E-state index in [-0.39, 0.29) is 15.6 Å². The quantitative estimate of drug-likeness (QED) is 0.429. The zero-order valence-electron chi connectivity index (χ0n) is 20.1. The van der Waals surface area contributed by atoms with Gasteiger partial charge in [0.15, 0.2) is 5.11 Å². The molecule has 2 heterocycles. The molecule has 3 aromatic rings. The van der Waals surface area contributed by atoms with Crippen molar-refractivity contribution in [2.45, 2.75) is 32.1 Å². The lowest BCUT2D eigenvalue weighted by molar-refractivity contribution is 0.0976. The molecule has 4 rings (SSSR count). The van der Waals surface area contributed by atoms with Gasteiger partial charge < -0.3 is 9.84 Å². The first kappa shape index (κ1) is 26.3. The van der Waals surface area contributed by atoms with E-state index in [0.717, 1.165) is 6.42 Å². The van der Waals surface area contributed by atoms with Gasteiger partial charge >= 0.3 is 0 Å². The Labute approximate surface area is 221 Å². The third-order valence-electron chi connectivity index (χ3n) is 6.03. The maximum Gasteiger partial charge on any atom is 0.263 e. The van der Waals surface area contributed by atoms with E-state index in [1.165, 1.54) is 12.1 Å². The second-order valence-corrected chi connectivity index (χ2v) is 11.9. The van der Waals surface area contributed by atoms with Crippen LogP contribution in [0.15, 0.2) is 57.9 Å². The molecule has 36 heavy (non-hydrogen) atoms. The minimum atomic E-state index is -3.59. The van der Waals surface area contributed by atoms with E-state index in [9.17, 15) is 13.2 Å². The molecule has 1 amide bonds. The molecule has 2 atom stereocenters. The van der Waals surface area contributed by atoms with Crippen LogP contribution in [0.25, 0.3) is 11.3 Å². The Bertz CT molecular complexity index is 1380. The first-order valence-electron chi connectivity index (χ1n) is 11.5. The normalized spacial score (nSPS) is 18.6. The first-order chi connectivity index (χ1) is 17.1.